The second kappa shape index (κ2) is 17.4. The van der Waals surface area contributed by atoms with Crippen LogP contribution in [0.3, 0.4) is 0 Å². The van der Waals surface area contributed by atoms with Gasteiger partial charge >= 0.3 is 5.97 Å². The third-order valence-electron chi connectivity index (χ3n) is 7.41. The Morgan fingerprint density at radius 2 is 1.73 bits per heavy atom. The number of nitrogens with zero attached hydrogens (tertiary/aromatic N) is 3. The Morgan fingerprint density at radius 1 is 1.02 bits per heavy atom. The van der Waals surface area contributed by atoms with Crippen molar-refractivity contribution in [2.45, 2.75) is 77.6 Å². The number of carbonyl (C=O) groups is 2. The minimum atomic E-state index is -0.721. The number of ether oxygens (including phenoxy) is 1. The van der Waals surface area contributed by atoms with Gasteiger partial charge in [0.25, 0.3) is 5.91 Å². The lowest BCUT2D eigenvalue weighted by Gasteiger charge is -2.14. The number of carboxylic acid groups (broad SMARTS) is 1. The number of thioether (sulfide) groups is 1. The number of amides is 1. The molecule has 1 aliphatic rings. The molecule has 0 saturated carbocycles. The van der Waals surface area contributed by atoms with Crippen LogP contribution in [-0.4, -0.2) is 49.1 Å². The first-order valence-electron chi connectivity index (χ1n) is 15.4. The summed E-state index contributed by atoms with van der Waals surface area (Å²) >= 11 is 13.5. The normalized spacial score (nSPS) is 14.1. The van der Waals surface area contributed by atoms with Crippen LogP contribution in [0.1, 0.15) is 83.1 Å². The van der Waals surface area contributed by atoms with Gasteiger partial charge in [0.2, 0.25) is 0 Å². The second-order valence-corrected chi connectivity index (χ2v) is 12.9. The molecule has 1 saturated heterocycles. The van der Waals surface area contributed by atoms with Crippen molar-refractivity contribution in [3.05, 3.63) is 70.2 Å². The van der Waals surface area contributed by atoms with Gasteiger partial charge in [0, 0.05) is 30.3 Å². The van der Waals surface area contributed by atoms with Crippen LogP contribution in [0.4, 0.5) is 0 Å². The highest BCUT2D eigenvalue weighted by Gasteiger charge is 2.32. The average Bonchev–Trinajstić information content (AvgIpc) is 3.55. The number of aliphatic carboxylic acids is 1. The molecular weight excluding hydrogens is 614 g/mol. The Balaban J connectivity index is 1.42. The van der Waals surface area contributed by atoms with E-state index in [1.54, 1.807) is 4.90 Å². The van der Waals surface area contributed by atoms with Gasteiger partial charge in [-0.3, -0.25) is 14.5 Å². The van der Waals surface area contributed by atoms with E-state index >= 15 is 0 Å². The van der Waals surface area contributed by atoms with Crippen LogP contribution >= 0.6 is 35.6 Å². The van der Waals surface area contributed by atoms with Crippen molar-refractivity contribution >= 4 is 57.9 Å². The van der Waals surface area contributed by atoms with Crippen molar-refractivity contribution in [1.82, 2.24) is 14.7 Å². The van der Waals surface area contributed by atoms with Crippen LogP contribution in [-0.2, 0) is 9.59 Å². The average molecular weight is 654 g/mol. The van der Waals surface area contributed by atoms with Crippen LogP contribution in [0, 0.1) is 0 Å². The van der Waals surface area contributed by atoms with E-state index in [1.807, 2.05) is 65.5 Å². The van der Waals surface area contributed by atoms with E-state index in [4.69, 9.17) is 38.8 Å². The Labute approximate surface area is 274 Å². The standard InChI is InChI=1S/C34H40ClN3O4S2/c1-2-3-21-42-29-19-18-25(22-28(29)35)32-26(24-38(36-32)27-15-11-10-12-16-27)23-30-33(41)37(34(43)44-30)20-14-9-7-5-4-6-8-13-17-31(39)40/h10-12,15-16,18-19,22-24H,2-9,13-14,17,20-21H2,1H3,(H,39,40). The number of unbranched alkanes of at least 4 members (excludes halogenated alkanes) is 8. The number of hydrogen-bond donors (Lipinski definition) is 1. The molecular formula is C34H40ClN3O4S2. The van der Waals surface area contributed by atoms with Crippen molar-refractivity contribution in [3.8, 4) is 22.7 Å². The first kappa shape index (κ1) is 33.7. The van der Waals surface area contributed by atoms with Crippen molar-refractivity contribution in [1.29, 1.82) is 0 Å². The Hall–Kier alpha value is -3.14. The van der Waals surface area contributed by atoms with E-state index in [0.717, 1.165) is 81.0 Å². The summed E-state index contributed by atoms with van der Waals surface area (Å²) < 4.78 is 8.23. The number of benzene rings is 2. The predicted octanol–water partition coefficient (Wildman–Crippen LogP) is 9.17. The quantitative estimate of drug-likeness (QED) is 0.0832. The van der Waals surface area contributed by atoms with Crippen LogP contribution in [0.2, 0.25) is 5.02 Å². The molecule has 2 aromatic carbocycles. The lowest BCUT2D eigenvalue weighted by Crippen LogP contribution is -2.29. The third-order valence-corrected chi connectivity index (χ3v) is 9.08. The predicted molar refractivity (Wildman–Crippen MR) is 183 cm³/mol. The molecule has 10 heteroatoms. The molecule has 1 fully saturated rings. The zero-order valence-corrected chi connectivity index (χ0v) is 27.6. The molecule has 0 unspecified atom stereocenters. The molecule has 2 heterocycles. The van der Waals surface area contributed by atoms with E-state index in [2.05, 4.69) is 6.92 Å². The molecule has 1 amide bonds. The number of thiocarbonyl (C=S) groups is 1. The van der Waals surface area contributed by atoms with Crippen molar-refractivity contribution in [2.24, 2.45) is 0 Å². The van der Waals surface area contributed by atoms with E-state index in [-0.39, 0.29) is 12.3 Å². The van der Waals surface area contributed by atoms with Crippen molar-refractivity contribution < 1.29 is 19.4 Å². The van der Waals surface area contributed by atoms with E-state index in [9.17, 15) is 9.59 Å². The van der Waals surface area contributed by atoms with Crippen molar-refractivity contribution in [3.63, 3.8) is 0 Å². The van der Waals surface area contributed by atoms with E-state index in [0.29, 0.717) is 38.8 Å². The van der Waals surface area contributed by atoms with Gasteiger partial charge < -0.3 is 9.84 Å². The number of aromatic nitrogens is 2. The van der Waals surface area contributed by atoms with Crippen LogP contribution in [0.5, 0.6) is 5.75 Å². The molecule has 1 aromatic heterocycles. The lowest BCUT2D eigenvalue weighted by molar-refractivity contribution is -0.137. The van der Waals surface area contributed by atoms with Gasteiger partial charge in [0.15, 0.2) is 0 Å². The van der Waals surface area contributed by atoms with Gasteiger partial charge in [0.1, 0.15) is 15.8 Å². The molecule has 0 aliphatic carbocycles. The molecule has 234 valence electrons. The molecule has 1 aliphatic heterocycles. The maximum atomic E-state index is 13.4. The van der Waals surface area contributed by atoms with Crippen molar-refractivity contribution in [2.75, 3.05) is 13.2 Å². The minimum absolute atomic E-state index is 0.0745. The number of halogens is 1. The summed E-state index contributed by atoms with van der Waals surface area (Å²) in [5, 5.41) is 14.1. The third kappa shape index (κ3) is 9.68. The molecule has 1 N–H and O–H groups in total. The van der Waals surface area contributed by atoms with Crippen LogP contribution < -0.4 is 4.74 Å². The van der Waals surface area contributed by atoms with Gasteiger partial charge in [-0.25, -0.2) is 4.68 Å². The van der Waals surface area contributed by atoms with Crippen LogP contribution in [0.25, 0.3) is 23.0 Å². The minimum Gasteiger partial charge on any atom is -0.492 e. The molecule has 0 atom stereocenters. The highest BCUT2D eigenvalue weighted by molar-refractivity contribution is 8.26. The topological polar surface area (TPSA) is 84.7 Å². The lowest BCUT2D eigenvalue weighted by atomic mass is 10.1. The molecule has 44 heavy (non-hydrogen) atoms. The van der Waals surface area contributed by atoms with Gasteiger partial charge in [-0.15, -0.1) is 0 Å². The SMILES string of the molecule is CCCCOc1ccc(-c2nn(-c3ccccc3)cc2C=C2SC(=S)N(CCCCCCCCCCC(=O)O)C2=O)cc1Cl. The number of carbonyl (C=O) groups excluding carboxylic acids is 1. The van der Waals surface area contributed by atoms with Crippen LogP contribution in [0.15, 0.2) is 59.6 Å². The highest BCUT2D eigenvalue weighted by Crippen LogP contribution is 2.37. The highest BCUT2D eigenvalue weighted by atomic mass is 35.5. The molecule has 0 bridgehead atoms. The zero-order chi connectivity index (χ0) is 31.3. The second-order valence-electron chi connectivity index (χ2n) is 10.9. The summed E-state index contributed by atoms with van der Waals surface area (Å²) in [5.41, 5.74) is 3.25. The maximum absolute atomic E-state index is 13.4. The summed E-state index contributed by atoms with van der Waals surface area (Å²) in [5.74, 6) is -0.152. The zero-order valence-electron chi connectivity index (χ0n) is 25.2. The maximum Gasteiger partial charge on any atom is 0.303 e. The first-order valence-corrected chi connectivity index (χ1v) is 17.0. The Morgan fingerprint density at radius 3 is 2.41 bits per heavy atom. The summed E-state index contributed by atoms with van der Waals surface area (Å²) in [7, 11) is 0. The number of rotatable bonds is 18. The van der Waals surface area contributed by atoms with E-state index < -0.39 is 5.97 Å². The number of hydrogen-bond acceptors (Lipinski definition) is 6. The summed E-state index contributed by atoms with van der Waals surface area (Å²) in [6.07, 6.45) is 14.1. The largest absolute Gasteiger partial charge is 0.492 e. The Bertz CT molecular complexity index is 1460. The fourth-order valence-electron chi connectivity index (χ4n) is 4.96. The number of carboxylic acids is 1. The van der Waals surface area contributed by atoms with E-state index in [1.165, 1.54) is 11.8 Å². The summed E-state index contributed by atoms with van der Waals surface area (Å²) in [4.78, 5) is 26.3. The molecule has 4 rings (SSSR count). The molecule has 7 nitrogen and oxygen atoms in total. The smallest absolute Gasteiger partial charge is 0.303 e. The first-order chi connectivity index (χ1) is 21.4. The van der Waals surface area contributed by atoms with Gasteiger partial charge in [-0.05, 0) is 55.7 Å². The van der Waals surface area contributed by atoms with Gasteiger partial charge in [0.05, 0.1) is 22.2 Å². The molecule has 0 radical (unpaired) electrons. The van der Waals surface area contributed by atoms with Gasteiger partial charge in [-0.1, -0.05) is 106 Å². The molecule has 3 aromatic rings. The summed E-state index contributed by atoms with van der Waals surface area (Å²) in [6.45, 7) is 3.33. The molecule has 0 spiro atoms. The fraction of sp³-hybridized carbons (Fsp3) is 0.412. The fourth-order valence-corrected chi connectivity index (χ4v) is 6.50. The monoisotopic (exact) mass is 653 g/mol. The Kier molecular flexibility index (Phi) is 13.3. The number of para-hydroxylation sites is 1. The van der Waals surface area contributed by atoms with Gasteiger partial charge in [-0.2, -0.15) is 5.10 Å². The summed E-state index contributed by atoms with van der Waals surface area (Å²) in [6, 6.07) is 15.5.